The highest BCUT2D eigenvalue weighted by atomic mass is 127. The number of esters is 2. The van der Waals surface area contributed by atoms with Gasteiger partial charge in [-0.15, -0.1) is 0 Å². The maximum Gasteiger partial charge on any atom is 0.343 e. The summed E-state index contributed by atoms with van der Waals surface area (Å²) in [6, 6.07) is 9.93. The third-order valence-corrected chi connectivity index (χ3v) is 8.04. The van der Waals surface area contributed by atoms with Crippen LogP contribution in [0.25, 0.3) is 6.08 Å². The molecule has 0 unspecified atom stereocenters. The van der Waals surface area contributed by atoms with Crippen LogP contribution in [0, 0.1) is 3.57 Å². The van der Waals surface area contributed by atoms with Crippen LogP contribution in [0.3, 0.4) is 0 Å². The fourth-order valence-corrected chi connectivity index (χ4v) is 6.13. The number of rotatable bonds is 10. The standard InChI is InChI=1S/C30H31IN2O8S/c1-7-39-29(36)26-17(4)32-30-33(27(26)19-9-11-22(41-16(2)3)23(14-19)37-5)28(35)24(42-30)13-18-8-10-21(20(31)12-18)40-15-25(34)38-6/h8-14,16,27H,7,15H2,1-6H3/b24-13-/t27-/m0/s1. The van der Waals surface area contributed by atoms with Gasteiger partial charge in [-0.3, -0.25) is 9.36 Å². The predicted octanol–water partition coefficient (Wildman–Crippen LogP) is 3.75. The number of aromatic nitrogens is 1. The van der Waals surface area contributed by atoms with E-state index in [1.165, 1.54) is 30.1 Å². The van der Waals surface area contributed by atoms with Crippen LogP contribution >= 0.6 is 33.9 Å². The molecular formula is C30H31IN2O8S. The van der Waals surface area contributed by atoms with Crippen LogP contribution in [0.1, 0.15) is 44.9 Å². The Hall–Kier alpha value is -3.65. The van der Waals surface area contributed by atoms with Gasteiger partial charge in [0, 0.05) is 0 Å². The van der Waals surface area contributed by atoms with Crippen molar-refractivity contribution in [2.24, 2.45) is 4.99 Å². The summed E-state index contributed by atoms with van der Waals surface area (Å²) in [6.07, 6.45) is 1.69. The van der Waals surface area contributed by atoms with E-state index in [1.54, 1.807) is 44.2 Å². The molecule has 1 atom stereocenters. The molecule has 2 heterocycles. The number of halogens is 1. The van der Waals surface area contributed by atoms with Gasteiger partial charge in [0.05, 0.1) is 52.3 Å². The molecule has 0 saturated heterocycles. The summed E-state index contributed by atoms with van der Waals surface area (Å²) in [6.45, 7) is 7.27. The van der Waals surface area contributed by atoms with Crippen LogP contribution in [0.4, 0.5) is 0 Å². The average molecular weight is 707 g/mol. The Kier molecular flexibility index (Phi) is 10.1. The average Bonchev–Trinajstić information content (AvgIpc) is 3.25. The molecule has 0 radical (unpaired) electrons. The Morgan fingerprint density at radius 2 is 1.86 bits per heavy atom. The summed E-state index contributed by atoms with van der Waals surface area (Å²) >= 11 is 3.33. The SMILES string of the molecule is CCOC(=O)C1=C(C)N=c2s/c(=C\c3ccc(OCC(=O)OC)c(I)c3)c(=O)n2[C@H]1c1ccc(OC(C)C)c(OC)c1. The van der Waals surface area contributed by atoms with E-state index in [1.807, 2.05) is 26.0 Å². The van der Waals surface area contributed by atoms with E-state index in [4.69, 9.17) is 18.9 Å². The van der Waals surface area contributed by atoms with Crippen LogP contribution in [0.5, 0.6) is 17.2 Å². The summed E-state index contributed by atoms with van der Waals surface area (Å²) in [5, 5.41) is 0. The molecule has 0 saturated carbocycles. The van der Waals surface area contributed by atoms with Gasteiger partial charge in [0.2, 0.25) is 0 Å². The van der Waals surface area contributed by atoms with Crippen molar-refractivity contribution in [1.82, 2.24) is 4.57 Å². The van der Waals surface area contributed by atoms with Crippen molar-refractivity contribution in [3.05, 3.63) is 82.1 Å². The molecule has 42 heavy (non-hydrogen) atoms. The molecule has 0 aliphatic carbocycles. The molecule has 1 aliphatic heterocycles. The van der Waals surface area contributed by atoms with E-state index in [2.05, 4.69) is 32.3 Å². The van der Waals surface area contributed by atoms with Crippen molar-refractivity contribution in [3.63, 3.8) is 0 Å². The lowest BCUT2D eigenvalue weighted by atomic mass is 9.95. The predicted molar refractivity (Wildman–Crippen MR) is 166 cm³/mol. The summed E-state index contributed by atoms with van der Waals surface area (Å²) in [4.78, 5) is 43.7. The van der Waals surface area contributed by atoms with Crippen LogP contribution in [0.15, 0.2) is 57.5 Å². The quantitative estimate of drug-likeness (QED) is 0.232. The third kappa shape index (κ3) is 6.70. The van der Waals surface area contributed by atoms with Gasteiger partial charge in [0.25, 0.3) is 5.56 Å². The Bertz CT molecular complexity index is 1720. The second kappa shape index (κ2) is 13.6. The molecule has 2 aromatic carbocycles. The fourth-order valence-electron chi connectivity index (χ4n) is 4.38. The molecule has 222 valence electrons. The van der Waals surface area contributed by atoms with Crippen LogP contribution < -0.4 is 29.1 Å². The molecule has 0 fully saturated rings. The number of methoxy groups -OCH3 is 2. The molecule has 10 nitrogen and oxygen atoms in total. The molecule has 1 aromatic heterocycles. The van der Waals surface area contributed by atoms with E-state index in [-0.39, 0.29) is 30.5 Å². The molecule has 0 spiro atoms. The minimum absolute atomic E-state index is 0.0730. The zero-order valence-corrected chi connectivity index (χ0v) is 27.0. The Morgan fingerprint density at radius 3 is 2.50 bits per heavy atom. The van der Waals surface area contributed by atoms with Gasteiger partial charge in [-0.1, -0.05) is 23.5 Å². The van der Waals surface area contributed by atoms with Crippen LogP contribution in [-0.4, -0.2) is 50.0 Å². The van der Waals surface area contributed by atoms with Gasteiger partial charge in [-0.2, -0.15) is 0 Å². The van der Waals surface area contributed by atoms with Gasteiger partial charge in [0.15, 0.2) is 22.9 Å². The van der Waals surface area contributed by atoms with Crippen molar-refractivity contribution in [1.29, 1.82) is 0 Å². The number of hydrogen-bond acceptors (Lipinski definition) is 10. The lowest BCUT2D eigenvalue weighted by Crippen LogP contribution is -2.40. The third-order valence-electron chi connectivity index (χ3n) is 6.21. The highest BCUT2D eigenvalue weighted by Crippen LogP contribution is 2.36. The molecule has 4 rings (SSSR count). The first-order valence-corrected chi connectivity index (χ1v) is 15.0. The van der Waals surface area contributed by atoms with E-state index in [0.29, 0.717) is 37.8 Å². The van der Waals surface area contributed by atoms with E-state index >= 15 is 0 Å². The molecular weight excluding hydrogens is 675 g/mol. The molecule has 0 bridgehead atoms. The van der Waals surface area contributed by atoms with Gasteiger partial charge in [-0.05, 0) is 91.8 Å². The maximum absolute atomic E-state index is 13.9. The molecule has 0 amide bonds. The number of nitrogens with zero attached hydrogens (tertiary/aromatic N) is 2. The number of hydrogen-bond donors (Lipinski definition) is 0. The topological polar surface area (TPSA) is 115 Å². The zero-order valence-electron chi connectivity index (χ0n) is 24.1. The Balaban J connectivity index is 1.83. The number of benzene rings is 2. The second-order valence-corrected chi connectivity index (χ2v) is 11.6. The smallest absolute Gasteiger partial charge is 0.343 e. The monoisotopic (exact) mass is 706 g/mol. The van der Waals surface area contributed by atoms with Crippen molar-refractivity contribution in [2.75, 3.05) is 27.4 Å². The summed E-state index contributed by atoms with van der Waals surface area (Å²) in [7, 11) is 2.84. The number of allylic oxidation sites excluding steroid dienone is 1. The summed E-state index contributed by atoms with van der Waals surface area (Å²) < 4.78 is 29.7. The number of carbonyl (C=O) groups excluding carboxylic acids is 2. The van der Waals surface area contributed by atoms with E-state index in [9.17, 15) is 14.4 Å². The Morgan fingerprint density at radius 1 is 1.12 bits per heavy atom. The highest BCUT2D eigenvalue weighted by molar-refractivity contribution is 14.1. The maximum atomic E-state index is 13.9. The molecule has 0 N–H and O–H groups in total. The highest BCUT2D eigenvalue weighted by Gasteiger charge is 2.34. The first kappa shape index (κ1) is 31.3. The van der Waals surface area contributed by atoms with Crippen molar-refractivity contribution in [3.8, 4) is 17.2 Å². The zero-order chi connectivity index (χ0) is 30.6. The van der Waals surface area contributed by atoms with Gasteiger partial charge >= 0.3 is 11.9 Å². The number of fused-ring (bicyclic) bond motifs is 1. The molecule has 3 aromatic rings. The first-order valence-electron chi connectivity index (χ1n) is 13.1. The first-order chi connectivity index (χ1) is 20.1. The lowest BCUT2D eigenvalue weighted by molar-refractivity contribution is -0.143. The number of ether oxygens (including phenoxy) is 5. The van der Waals surface area contributed by atoms with Crippen molar-refractivity contribution < 1.29 is 33.3 Å². The largest absolute Gasteiger partial charge is 0.493 e. The van der Waals surface area contributed by atoms with Crippen molar-refractivity contribution >= 4 is 51.9 Å². The minimum atomic E-state index is -0.793. The minimum Gasteiger partial charge on any atom is -0.493 e. The van der Waals surface area contributed by atoms with E-state index < -0.39 is 18.0 Å². The van der Waals surface area contributed by atoms with Crippen LogP contribution in [-0.2, 0) is 19.1 Å². The number of thiazole rings is 1. The summed E-state index contributed by atoms with van der Waals surface area (Å²) in [5.41, 5.74) is 1.84. The van der Waals surface area contributed by atoms with Crippen LogP contribution in [0.2, 0.25) is 0 Å². The second-order valence-electron chi connectivity index (χ2n) is 9.43. The fraction of sp³-hybridized carbons (Fsp3) is 0.333. The van der Waals surface area contributed by atoms with E-state index in [0.717, 1.165) is 9.13 Å². The Labute approximate surface area is 260 Å². The summed E-state index contributed by atoms with van der Waals surface area (Å²) in [5.74, 6) is 0.522. The van der Waals surface area contributed by atoms with Gasteiger partial charge in [-0.25, -0.2) is 14.6 Å². The number of carbonyl (C=O) groups is 2. The molecule has 12 heteroatoms. The molecule has 1 aliphatic rings. The lowest BCUT2D eigenvalue weighted by Gasteiger charge is -2.25. The van der Waals surface area contributed by atoms with Crippen molar-refractivity contribution in [2.45, 2.75) is 39.8 Å². The van der Waals surface area contributed by atoms with Gasteiger partial charge < -0.3 is 23.7 Å². The normalized spacial score (nSPS) is 14.8. The van der Waals surface area contributed by atoms with Gasteiger partial charge in [0.1, 0.15) is 5.75 Å².